The van der Waals surface area contributed by atoms with Gasteiger partial charge in [0.25, 0.3) is 11.5 Å². The van der Waals surface area contributed by atoms with Crippen LogP contribution in [0.15, 0.2) is 29.1 Å². The first-order valence-electron chi connectivity index (χ1n) is 9.67. The molecular weight excluding hydrogens is 328 g/mol. The Labute approximate surface area is 153 Å². The maximum Gasteiger partial charge on any atom is 0.253 e. The highest BCUT2D eigenvalue weighted by Crippen LogP contribution is 2.27. The number of para-hydroxylation sites is 1. The van der Waals surface area contributed by atoms with Gasteiger partial charge in [0, 0.05) is 18.2 Å². The fraction of sp³-hybridized carbons (Fsp3) is 0.524. The molecule has 1 amide bonds. The first kappa shape index (κ1) is 17.3. The maximum absolute atomic E-state index is 13.1. The van der Waals surface area contributed by atoms with E-state index in [0.717, 1.165) is 55.0 Å². The highest BCUT2D eigenvalue weighted by molar-refractivity contribution is 5.83. The number of carbonyl (C=O) groups is 1. The molecule has 0 radical (unpaired) electrons. The van der Waals surface area contributed by atoms with E-state index in [1.807, 2.05) is 36.1 Å². The summed E-state index contributed by atoms with van der Waals surface area (Å²) in [5.41, 5.74) is 2.48. The number of ether oxygens (including phenoxy) is 1. The lowest BCUT2D eigenvalue weighted by Gasteiger charge is -2.31. The van der Waals surface area contributed by atoms with Gasteiger partial charge in [0.1, 0.15) is 6.10 Å². The van der Waals surface area contributed by atoms with E-state index in [2.05, 4.69) is 4.98 Å². The van der Waals surface area contributed by atoms with E-state index in [-0.39, 0.29) is 23.6 Å². The number of aromatic nitrogens is 1. The lowest BCUT2D eigenvalue weighted by molar-refractivity contribution is -0.144. The molecule has 1 saturated heterocycles. The normalized spacial score (nSPS) is 20.7. The zero-order valence-corrected chi connectivity index (χ0v) is 15.3. The molecule has 0 spiro atoms. The lowest BCUT2D eigenvalue weighted by Crippen LogP contribution is -2.44. The molecule has 5 heteroatoms. The van der Waals surface area contributed by atoms with E-state index in [4.69, 9.17) is 4.74 Å². The number of amides is 1. The lowest BCUT2D eigenvalue weighted by atomic mass is 10.1. The fourth-order valence-corrected chi connectivity index (χ4v) is 4.29. The molecule has 1 unspecified atom stereocenters. The van der Waals surface area contributed by atoms with Crippen molar-refractivity contribution in [3.8, 4) is 0 Å². The quantitative estimate of drug-likeness (QED) is 0.916. The number of H-pyrrole nitrogens is 1. The predicted octanol–water partition coefficient (Wildman–Crippen LogP) is 3.29. The third-order valence-corrected chi connectivity index (χ3v) is 5.76. The van der Waals surface area contributed by atoms with E-state index in [1.165, 1.54) is 0 Å². The molecule has 4 rings (SSSR count). The molecule has 1 aromatic carbocycles. The van der Waals surface area contributed by atoms with Gasteiger partial charge in [0.15, 0.2) is 0 Å². The van der Waals surface area contributed by atoms with E-state index in [9.17, 15) is 9.59 Å². The first-order chi connectivity index (χ1) is 12.6. The Morgan fingerprint density at radius 3 is 2.77 bits per heavy atom. The van der Waals surface area contributed by atoms with Crippen molar-refractivity contribution in [1.29, 1.82) is 0 Å². The van der Waals surface area contributed by atoms with Crippen LogP contribution in [0.3, 0.4) is 0 Å². The second-order valence-corrected chi connectivity index (χ2v) is 7.57. The Morgan fingerprint density at radius 1 is 1.23 bits per heavy atom. The number of hydrogen-bond donors (Lipinski definition) is 1. The number of nitrogens with zero attached hydrogens (tertiary/aromatic N) is 1. The summed E-state index contributed by atoms with van der Waals surface area (Å²) >= 11 is 0. The second-order valence-electron chi connectivity index (χ2n) is 7.57. The van der Waals surface area contributed by atoms with Crippen molar-refractivity contribution in [3.05, 3.63) is 45.7 Å². The van der Waals surface area contributed by atoms with Crippen molar-refractivity contribution >= 4 is 16.8 Å². The minimum Gasteiger partial charge on any atom is -0.368 e. The summed E-state index contributed by atoms with van der Waals surface area (Å²) in [5.74, 6) is 0.0538. The van der Waals surface area contributed by atoms with Gasteiger partial charge in [-0.15, -0.1) is 0 Å². The summed E-state index contributed by atoms with van der Waals surface area (Å²) in [4.78, 5) is 30.6. The molecule has 2 aromatic rings. The molecule has 2 fully saturated rings. The molecule has 0 bridgehead atoms. The number of aryl methyl sites for hydroxylation is 1. The third kappa shape index (κ3) is 3.28. The highest BCUT2D eigenvalue weighted by Gasteiger charge is 2.34. The molecule has 1 aromatic heterocycles. The van der Waals surface area contributed by atoms with Crippen molar-refractivity contribution in [2.45, 2.75) is 64.1 Å². The van der Waals surface area contributed by atoms with Crippen LogP contribution in [-0.2, 0) is 16.1 Å². The van der Waals surface area contributed by atoms with Crippen molar-refractivity contribution in [3.63, 3.8) is 0 Å². The molecule has 138 valence electrons. The number of carbonyl (C=O) groups excluding carboxylic acids is 1. The second kappa shape index (κ2) is 7.23. The maximum atomic E-state index is 13.1. The van der Waals surface area contributed by atoms with Gasteiger partial charge >= 0.3 is 0 Å². The van der Waals surface area contributed by atoms with Gasteiger partial charge in [-0.3, -0.25) is 9.59 Å². The van der Waals surface area contributed by atoms with Crippen LogP contribution in [0.2, 0.25) is 0 Å². The average molecular weight is 354 g/mol. The Hall–Kier alpha value is -2.14. The smallest absolute Gasteiger partial charge is 0.253 e. The van der Waals surface area contributed by atoms with E-state index in [1.54, 1.807) is 0 Å². The molecular formula is C21H26N2O3. The third-order valence-electron chi connectivity index (χ3n) is 5.76. The van der Waals surface area contributed by atoms with Crippen LogP contribution in [0.1, 0.15) is 49.7 Å². The van der Waals surface area contributed by atoms with E-state index in [0.29, 0.717) is 18.7 Å². The molecule has 1 aliphatic heterocycles. The Kier molecular flexibility index (Phi) is 4.81. The van der Waals surface area contributed by atoms with Gasteiger partial charge in [-0.25, -0.2) is 0 Å². The van der Waals surface area contributed by atoms with Gasteiger partial charge in [-0.2, -0.15) is 0 Å². The molecule has 1 saturated carbocycles. The van der Waals surface area contributed by atoms with Crippen molar-refractivity contribution in [1.82, 2.24) is 9.88 Å². The largest absolute Gasteiger partial charge is 0.368 e. The average Bonchev–Trinajstić information content (AvgIpc) is 3.34. The molecule has 5 nitrogen and oxygen atoms in total. The molecule has 2 aliphatic rings. The summed E-state index contributed by atoms with van der Waals surface area (Å²) in [5, 5.41) is 1.01. The molecule has 1 N–H and O–H groups in total. The fourth-order valence-electron chi connectivity index (χ4n) is 4.29. The van der Waals surface area contributed by atoms with Crippen LogP contribution in [0, 0.1) is 6.92 Å². The van der Waals surface area contributed by atoms with Crippen LogP contribution >= 0.6 is 0 Å². The first-order valence-corrected chi connectivity index (χ1v) is 9.67. The standard InChI is InChI=1S/C21H26N2O3/c1-14-6-4-7-15-12-16(20(24)22-19(14)15)13-23(17-8-2-3-9-17)21(25)18-10-5-11-26-18/h4,6-7,12,17-18H,2-3,5,8-11,13H2,1H3,(H,22,24). The van der Waals surface area contributed by atoms with E-state index >= 15 is 0 Å². The zero-order chi connectivity index (χ0) is 18.1. The highest BCUT2D eigenvalue weighted by atomic mass is 16.5. The number of rotatable bonds is 4. The number of aromatic amines is 1. The van der Waals surface area contributed by atoms with E-state index < -0.39 is 0 Å². The van der Waals surface area contributed by atoms with Gasteiger partial charge < -0.3 is 14.6 Å². The summed E-state index contributed by atoms with van der Waals surface area (Å²) in [6.07, 6.45) is 5.71. The van der Waals surface area contributed by atoms with Gasteiger partial charge in [0.05, 0.1) is 12.1 Å². The molecule has 2 heterocycles. The Morgan fingerprint density at radius 2 is 2.04 bits per heavy atom. The van der Waals surface area contributed by atoms with Crippen LogP contribution in [0.4, 0.5) is 0 Å². The number of pyridine rings is 1. The number of benzene rings is 1. The van der Waals surface area contributed by atoms with Crippen LogP contribution in [0.25, 0.3) is 10.9 Å². The number of nitrogens with one attached hydrogen (secondary N) is 1. The van der Waals surface area contributed by atoms with Crippen molar-refractivity contribution in [2.24, 2.45) is 0 Å². The minimum atomic E-state index is -0.336. The summed E-state index contributed by atoms with van der Waals surface area (Å²) in [6.45, 7) is 3.01. The van der Waals surface area contributed by atoms with Gasteiger partial charge in [-0.05, 0) is 49.6 Å². The van der Waals surface area contributed by atoms with Crippen LogP contribution in [-0.4, -0.2) is 34.5 Å². The van der Waals surface area contributed by atoms with Crippen LogP contribution in [0.5, 0.6) is 0 Å². The van der Waals surface area contributed by atoms with Crippen LogP contribution < -0.4 is 5.56 Å². The van der Waals surface area contributed by atoms with Gasteiger partial charge in [-0.1, -0.05) is 31.0 Å². The monoisotopic (exact) mass is 354 g/mol. The Balaban J connectivity index is 1.66. The van der Waals surface area contributed by atoms with Gasteiger partial charge in [0.2, 0.25) is 0 Å². The molecule has 1 atom stereocenters. The number of fused-ring (bicyclic) bond motifs is 1. The zero-order valence-electron chi connectivity index (χ0n) is 15.3. The predicted molar refractivity (Wildman–Crippen MR) is 101 cm³/mol. The summed E-state index contributed by atoms with van der Waals surface area (Å²) in [7, 11) is 0. The summed E-state index contributed by atoms with van der Waals surface area (Å²) in [6, 6.07) is 8.14. The topological polar surface area (TPSA) is 62.4 Å². The Bertz CT molecular complexity index is 861. The van der Waals surface area contributed by atoms with Crippen molar-refractivity contribution < 1.29 is 9.53 Å². The van der Waals surface area contributed by atoms with Crippen molar-refractivity contribution in [2.75, 3.05) is 6.61 Å². The number of hydrogen-bond acceptors (Lipinski definition) is 3. The minimum absolute atomic E-state index is 0.0538. The molecule has 1 aliphatic carbocycles. The molecule has 26 heavy (non-hydrogen) atoms. The SMILES string of the molecule is Cc1cccc2cc(CN(C(=O)C3CCCO3)C3CCCC3)c(=O)[nH]c12. The summed E-state index contributed by atoms with van der Waals surface area (Å²) < 4.78 is 5.63.